The van der Waals surface area contributed by atoms with E-state index in [0.29, 0.717) is 17.6 Å². The second kappa shape index (κ2) is 7.48. The molecule has 1 aliphatic rings. The van der Waals surface area contributed by atoms with Crippen molar-refractivity contribution in [2.75, 3.05) is 0 Å². The topological polar surface area (TPSA) is 67.2 Å². The molecule has 140 valence electrons. The van der Waals surface area contributed by atoms with Crippen LogP contribution >= 0.6 is 0 Å². The van der Waals surface area contributed by atoms with Gasteiger partial charge in [-0.2, -0.15) is 0 Å². The first kappa shape index (κ1) is 17.7. The Morgan fingerprint density at radius 1 is 1.22 bits per heavy atom. The Bertz CT molecular complexity index is 952. The lowest BCUT2D eigenvalue weighted by atomic mass is 9.92. The van der Waals surface area contributed by atoms with E-state index in [2.05, 4.69) is 10.3 Å². The molecule has 0 bridgehead atoms. The predicted octanol–water partition coefficient (Wildman–Crippen LogP) is 3.26. The van der Waals surface area contributed by atoms with E-state index in [-0.39, 0.29) is 17.8 Å². The van der Waals surface area contributed by atoms with Crippen LogP contribution in [0.3, 0.4) is 0 Å². The number of carbonyl (C=O) groups is 1. The van der Waals surface area contributed by atoms with Gasteiger partial charge in [0.05, 0.1) is 23.2 Å². The molecule has 2 heterocycles. The molecule has 1 fully saturated rings. The van der Waals surface area contributed by atoms with E-state index >= 15 is 0 Å². The minimum atomic E-state index is -0.497. The number of aromatic nitrogens is 2. The largest absolute Gasteiger partial charge is 0.391 e. The number of benzene rings is 1. The molecule has 0 radical (unpaired) electrons. The second-order valence-electron chi connectivity index (χ2n) is 7.10. The summed E-state index contributed by atoms with van der Waals surface area (Å²) in [5.41, 5.74) is 2.90. The summed E-state index contributed by atoms with van der Waals surface area (Å²) < 4.78 is 15.1. The molecule has 4 rings (SSSR count). The summed E-state index contributed by atoms with van der Waals surface area (Å²) in [7, 11) is 0. The number of amides is 1. The van der Waals surface area contributed by atoms with E-state index in [0.717, 1.165) is 36.8 Å². The van der Waals surface area contributed by atoms with Crippen LogP contribution in [-0.2, 0) is 6.54 Å². The summed E-state index contributed by atoms with van der Waals surface area (Å²) in [6, 6.07) is 9.85. The quantitative estimate of drug-likeness (QED) is 0.744. The second-order valence-corrected chi connectivity index (χ2v) is 7.10. The smallest absolute Gasteiger partial charge is 0.255 e. The third-order valence-corrected chi connectivity index (χ3v) is 5.19. The maximum Gasteiger partial charge on any atom is 0.255 e. The van der Waals surface area contributed by atoms with E-state index in [9.17, 15) is 14.3 Å². The van der Waals surface area contributed by atoms with Crippen molar-refractivity contribution in [1.29, 1.82) is 0 Å². The lowest BCUT2D eigenvalue weighted by Gasteiger charge is -2.28. The summed E-state index contributed by atoms with van der Waals surface area (Å²) in [6.07, 6.45) is 6.45. The summed E-state index contributed by atoms with van der Waals surface area (Å²) in [4.78, 5) is 17.2. The van der Waals surface area contributed by atoms with Gasteiger partial charge in [-0.15, -0.1) is 0 Å². The number of nitrogens with one attached hydrogen (secondary N) is 1. The molecule has 27 heavy (non-hydrogen) atoms. The third kappa shape index (κ3) is 3.71. The number of pyridine rings is 1. The number of aliphatic hydroxyl groups excluding tert-OH is 1. The average molecular weight is 367 g/mol. The van der Waals surface area contributed by atoms with E-state index < -0.39 is 6.10 Å². The van der Waals surface area contributed by atoms with Crippen molar-refractivity contribution >= 4 is 16.9 Å². The molecular formula is C21H22FN3O2. The van der Waals surface area contributed by atoms with Gasteiger partial charge in [0.25, 0.3) is 5.91 Å². The molecule has 6 heteroatoms. The number of carbonyl (C=O) groups excluding carboxylic acids is 1. The van der Waals surface area contributed by atoms with Gasteiger partial charge in [0.2, 0.25) is 0 Å². The van der Waals surface area contributed by atoms with E-state index in [4.69, 9.17) is 0 Å². The third-order valence-electron chi connectivity index (χ3n) is 5.19. The summed E-state index contributed by atoms with van der Waals surface area (Å²) in [5.74, 6) is -0.494. The number of halogens is 1. The zero-order valence-corrected chi connectivity index (χ0v) is 14.9. The molecule has 2 atom stereocenters. The molecule has 1 saturated carbocycles. The Morgan fingerprint density at radius 2 is 2.00 bits per heavy atom. The highest BCUT2D eigenvalue weighted by molar-refractivity contribution is 6.05. The maximum atomic E-state index is 13.2. The van der Waals surface area contributed by atoms with Gasteiger partial charge < -0.3 is 15.0 Å². The molecule has 1 aromatic carbocycles. The van der Waals surface area contributed by atoms with Gasteiger partial charge in [-0.25, -0.2) is 4.39 Å². The average Bonchev–Trinajstić information content (AvgIpc) is 3.04. The minimum Gasteiger partial charge on any atom is -0.391 e. The van der Waals surface area contributed by atoms with Gasteiger partial charge in [0, 0.05) is 18.9 Å². The first-order chi connectivity index (χ1) is 13.1. The molecule has 0 unspecified atom stereocenters. The number of hydrogen-bond donors (Lipinski definition) is 2. The molecule has 5 nitrogen and oxygen atoms in total. The van der Waals surface area contributed by atoms with Crippen LogP contribution in [0.4, 0.5) is 4.39 Å². The number of fused-ring (bicyclic) bond motifs is 1. The summed E-state index contributed by atoms with van der Waals surface area (Å²) in [6.45, 7) is 0.516. The van der Waals surface area contributed by atoms with Gasteiger partial charge in [-0.3, -0.25) is 9.78 Å². The van der Waals surface area contributed by atoms with E-state index in [1.165, 1.54) is 12.1 Å². The Balaban J connectivity index is 1.63. The first-order valence-corrected chi connectivity index (χ1v) is 9.29. The number of nitrogens with zero attached hydrogens (tertiary/aromatic N) is 2. The van der Waals surface area contributed by atoms with Gasteiger partial charge >= 0.3 is 0 Å². The predicted molar refractivity (Wildman–Crippen MR) is 101 cm³/mol. The number of rotatable bonds is 4. The van der Waals surface area contributed by atoms with Gasteiger partial charge in [0.15, 0.2) is 0 Å². The Morgan fingerprint density at radius 3 is 2.78 bits per heavy atom. The van der Waals surface area contributed by atoms with Gasteiger partial charge in [-0.05, 0) is 42.7 Å². The Kier molecular flexibility index (Phi) is 4.90. The number of hydrogen-bond acceptors (Lipinski definition) is 3. The van der Waals surface area contributed by atoms with E-state index in [1.54, 1.807) is 24.5 Å². The lowest BCUT2D eigenvalue weighted by molar-refractivity contribution is 0.0718. The molecule has 0 aliphatic heterocycles. The van der Waals surface area contributed by atoms with Crippen molar-refractivity contribution in [3.63, 3.8) is 0 Å². The Hall–Kier alpha value is -2.73. The van der Waals surface area contributed by atoms with Crippen LogP contribution in [0.2, 0.25) is 0 Å². The van der Waals surface area contributed by atoms with Crippen molar-refractivity contribution in [2.45, 2.75) is 44.4 Å². The summed E-state index contributed by atoms with van der Waals surface area (Å²) >= 11 is 0. The summed E-state index contributed by atoms with van der Waals surface area (Å²) in [5, 5.41) is 13.1. The van der Waals surface area contributed by atoms with Crippen LogP contribution < -0.4 is 5.32 Å². The fourth-order valence-electron chi connectivity index (χ4n) is 3.73. The monoisotopic (exact) mass is 367 g/mol. The van der Waals surface area contributed by atoms with Crippen molar-refractivity contribution in [3.8, 4) is 0 Å². The van der Waals surface area contributed by atoms with Crippen molar-refractivity contribution in [1.82, 2.24) is 14.9 Å². The van der Waals surface area contributed by atoms with Crippen LogP contribution in [-0.4, -0.2) is 32.7 Å². The minimum absolute atomic E-state index is 0.217. The zero-order valence-electron chi connectivity index (χ0n) is 14.9. The normalized spacial score (nSPS) is 19.9. The molecule has 3 aromatic rings. The maximum absolute atomic E-state index is 13.2. The van der Waals surface area contributed by atoms with Gasteiger partial charge in [-0.1, -0.05) is 25.0 Å². The highest BCUT2D eigenvalue weighted by Crippen LogP contribution is 2.23. The van der Waals surface area contributed by atoms with Crippen LogP contribution in [0, 0.1) is 5.82 Å². The van der Waals surface area contributed by atoms with Crippen LogP contribution in [0.25, 0.3) is 11.0 Å². The molecule has 2 aromatic heterocycles. The fourth-order valence-corrected chi connectivity index (χ4v) is 3.73. The molecule has 0 saturated heterocycles. The zero-order chi connectivity index (χ0) is 18.8. The molecule has 1 aliphatic carbocycles. The van der Waals surface area contributed by atoms with E-state index in [1.807, 2.05) is 16.7 Å². The first-order valence-electron chi connectivity index (χ1n) is 9.29. The molecule has 2 N–H and O–H groups in total. The van der Waals surface area contributed by atoms with Crippen LogP contribution in [0.15, 0.2) is 48.8 Å². The number of aliphatic hydroxyl groups is 1. The molecule has 0 spiro atoms. The standard InChI is InChI=1S/C21H22FN3O2/c22-15-9-7-14(8-10-15)12-25-13-16(20-18(25)5-3-11-23-20)21(27)24-17-4-1-2-6-19(17)26/h3,5,7-11,13,17,19,26H,1-2,4,6,12H2,(H,24,27)/t17-,19-/m0/s1. The lowest BCUT2D eigenvalue weighted by Crippen LogP contribution is -2.45. The van der Waals surface area contributed by atoms with Crippen molar-refractivity contribution < 1.29 is 14.3 Å². The molecule has 1 amide bonds. The fraction of sp³-hybridized carbons (Fsp3) is 0.333. The SMILES string of the molecule is O=C(N[C@H]1CCCC[C@@H]1O)c1cn(Cc2ccc(F)cc2)c2cccnc12. The van der Waals surface area contributed by atoms with Crippen LogP contribution in [0.1, 0.15) is 41.6 Å². The van der Waals surface area contributed by atoms with Gasteiger partial charge in [0.1, 0.15) is 11.3 Å². The highest BCUT2D eigenvalue weighted by Gasteiger charge is 2.26. The highest BCUT2D eigenvalue weighted by atomic mass is 19.1. The van der Waals surface area contributed by atoms with Crippen molar-refractivity contribution in [3.05, 3.63) is 65.7 Å². The molecular weight excluding hydrogens is 345 g/mol. The Labute approximate surface area is 156 Å². The van der Waals surface area contributed by atoms with Crippen LogP contribution in [0.5, 0.6) is 0 Å². The van der Waals surface area contributed by atoms with Crippen molar-refractivity contribution in [2.24, 2.45) is 0 Å².